The highest BCUT2D eigenvalue weighted by Gasteiger charge is 2.36. The molecule has 0 unspecified atom stereocenters. The van der Waals surface area contributed by atoms with E-state index in [2.05, 4.69) is 0 Å². The molecule has 1 fully saturated rings. The first-order valence-electron chi connectivity index (χ1n) is 8.91. The second-order valence-corrected chi connectivity index (χ2v) is 10.2. The van der Waals surface area contributed by atoms with E-state index < -0.39 is 27.4 Å². The molecule has 1 saturated heterocycles. The molecule has 0 aliphatic carbocycles. The summed E-state index contributed by atoms with van der Waals surface area (Å²) in [7, 11) is -3.18. The van der Waals surface area contributed by atoms with Crippen LogP contribution in [0.5, 0.6) is 0 Å². The van der Waals surface area contributed by atoms with Crippen LogP contribution in [0.3, 0.4) is 0 Å². The molecule has 0 radical (unpaired) electrons. The predicted octanol–water partition coefficient (Wildman–Crippen LogP) is 2.99. The molecule has 0 spiro atoms. The summed E-state index contributed by atoms with van der Waals surface area (Å²) in [6.07, 6.45) is 0.372. The van der Waals surface area contributed by atoms with Crippen molar-refractivity contribution in [3.8, 4) is 0 Å². The van der Waals surface area contributed by atoms with Crippen molar-refractivity contribution in [2.45, 2.75) is 25.9 Å². The lowest BCUT2D eigenvalue weighted by atomic mass is 10.1. The molecule has 0 saturated carbocycles. The van der Waals surface area contributed by atoms with Crippen LogP contribution in [-0.2, 0) is 16.4 Å². The maximum atomic E-state index is 13.3. The van der Waals surface area contributed by atoms with Crippen molar-refractivity contribution in [1.82, 2.24) is 4.90 Å². The van der Waals surface area contributed by atoms with E-state index >= 15 is 0 Å². The van der Waals surface area contributed by atoms with Gasteiger partial charge in [0, 0.05) is 16.3 Å². The second kappa shape index (κ2) is 7.18. The highest BCUT2D eigenvalue weighted by molar-refractivity contribution is 7.91. The Hall–Kier alpha value is -2.45. The molecule has 3 aromatic rings. The Bertz CT molecular complexity index is 1210. The minimum absolute atomic E-state index is 0.0528. The van der Waals surface area contributed by atoms with E-state index in [4.69, 9.17) is 4.42 Å². The zero-order chi connectivity index (χ0) is 19.9. The van der Waals surface area contributed by atoms with Crippen LogP contribution in [0.15, 0.2) is 51.0 Å². The molecular weight excluding hydrogens is 398 g/mol. The Morgan fingerprint density at radius 2 is 2.07 bits per heavy atom. The van der Waals surface area contributed by atoms with Crippen molar-refractivity contribution < 1.29 is 17.6 Å². The quantitative estimate of drug-likeness (QED) is 0.609. The summed E-state index contributed by atoms with van der Waals surface area (Å²) < 4.78 is 29.3. The van der Waals surface area contributed by atoms with Crippen LogP contribution in [0.4, 0.5) is 0 Å². The molecule has 1 aromatic carbocycles. The largest absolute Gasteiger partial charge is 0.422 e. The Morgan fingerprint density at radius 1 is 1.29 bits per heavy atom. The highest BCUT2D eigenvalue weighted by Crippen LogP contribution is 2.25. The van der Waals surface area contributed by atoms with Gasteiger partial charge in [-0.25, -0.2) is 13.2 Å². The van der Waals surface area contributed by atoms with Crippen LogP contribution in [0.1, 0.15) is 27.2 Å². The number of thiophene rings is 1. The number of nitrogens with zero attached hydrogens (tertiary/aromatic N) is 1. The number of carbonyl (C=O) groups excluding carboxylic acids is 1. The molecule has 6 nitrogen and oxygen atoms in total. The highest BCUT2D eigenvalue weighted by atomic mass is 32.2. The van der Waals surface area contributed by atoms with Crippen LogP contribution in [0.2, 0.25) is 0 Å². The van der Waals surface area contributed by atoms with E-state index in [1.807, 2.05) is 18.4 Å². The third kappa shape index (κ3) is 3.62. The van der Waals surface area contributed by atoms with E-state index in [1.165, 1.54) is 22.3 Å². The Kier molecular flexibility index (Phi) is 4.84. The first-order chi connectivity index (χ1) is 13.3. The number of benzene rings is 1. The van der Waals surface area contributed by atoms with Gasteiger partial charge in [-0.05, 0) is 42.5 Å². The average molecular weight is 418 g/mol. The summed E-state index contributed by atoms with van der Waals surface area (Å²) in [5.41, 5.74) is 0.664. The van der Waals surface area contributed by atoms with Gasteiger partial charge in [0.2, 0.25) is 0 Å². The summed E-state index contributed by atoms with van der Waals surface area (Å²) in [6, 6.07) is 10.0. The number of rotatable bonds is 4. The van der Waals surface area contributed by atoms with Gasteiger partial charge < -0.3 is 9.32 Å². The summed E-state index contributed by atoms with van der Waals surface area (Å²) in [5.74, 6) is -0.520. The van der Waals surface area contributed by atoms with E-state index in [9.17, 15) is 18.0 Å². The minimum Gasteiger partial charge on any atom is -0.422 e. The molecular formula is C20H19NO5S2. The van der Waals surface area contributed by atoms with Crippen LogP contribution >= 0.6 is 11.3 Å². The van der Waals surface area contributed by atoms with Crippen LogP contribution in [0.25, 0.3) is 11.0 Å². The Labute approximate surface area is 166 Å². The molecule has 0 N–H and O–H groups in total. The van der Waals surface area contributed by atoms with Gasteiger partial charge in [-0.1, -0.05) is 18.2 Å². The van der Waals surface area contributed by atoms with Gasteiger partial charge in [-0.15, -0.1) is 11.3 Å². The van der Waals surface area contributed by atoms with E-state index in [1.54, 1.807) is 24.3 Å². The van der Waals surface area contributed by atoms with Gasteiger partial charge in [0.15, 0.2) is 9.84 Å². The number of sulfone groups is 1. The van der Waals surface area contributed by atoms with Crippen molar-refractivity contribution in [1.29, 1.82) is 0 Å². The third-order valence-corrected chi connectivity index (χ3v) is 7.82. The molecule has 3 heterocycles. The van der Waals surface area contributed by atoms with Crippen molar-refractivity contribution >= 4 is 38.1 Å². The number of para-hydroxylation sites is 1. The molecule has 2 aromatic heterocycles. The molecule has 1 aliphatic rings. The summed E-state index contributed by atoms with van der Waals surface area (Å²) in [5, 5.41) is 2.58. The van der Waals surface area contributed by atoms with E-state index in [0.29, 0.717) is 17.4 Å². The number of carbonyl (C=O) groups is 1. The topological polar surface area (TPSA) is 84.7 Å². The normalized spacial score (nSPS) is 18.4. The average Bonchev–Trinajstić information content (AvgIpc) is 3.23. The molecule has 1 atom stereocenters. The summed E-state index contributed by atoms with van der Waals surface area (Å²) in [4.78, 5) is 28.3. The predicted molar refractivity (Wildman–Crippen MR) is 108 cm³/mol. The van der Waals surface area contributed by atoms with Gasteiger partial charge in [0.25, 0.3) is 5.91 Å². The number of aryl methyl sites for hydroxylation is 1. The molecule has 8 heteroatoms. The standard InChI is InChI=1S/C20H19NO5S2/c1-13-6-8-27-18(13)11-21(15-7-9-28(24,25)12-15)19(22)16-10-14-4-2-3-5-17(14)26-20(16)23/h2-6,8,10,15H,7,9,11-12H2,1H3/t15-/m1/s1. The zero-order valence-corrected chi connectivity index (χ0v) is 16.9. The van der Waals surface area contributed by atoms with E-state index in [-0.39, 0.29) is 23.6 Å². The van der Waals surface area contributed by atoms with Crippen LogP contribution in [0, 0.1) is 6.92 Å². The molecule has 0 bridgehead atoms. The number of hydrogen-bond donors (Lipinski definition) is 0. The van der Waals surface area contributed by atoms with Gasteiger partial charge in [0.1, 0.15) is 11.1 Å². The summed E-state index contributed by atoms with van der Waals surface area (Å²) in [6.45, 7) is 2.22. The maximum Gasteiger partial charge on any atom is 0.349 e. The second-order valence-electron chi connectivity index (χ2n) is 7.00. The lowest BCUT2D eigenvalue weighted by Crippen LogP contribution is -2.42. The Morgan fingerprint density at radius 3 is 2.75 bits per heavy atom. The number of hydrogen-bond acceptors (Lipinski definition) is 6. The molecule has 1 aliphatic heterocycles. The number of fused-ring (bicyclic) bond motifs is 1. The minimum atomic E-state index is -3.18. The SMILES string of the molecule is Cc1ccsc1CN(C(=O)c1cc2ccccc2oc1=O)[C@@H]1CCS(=O)(=O)C1. The number of amides is 1. The van der Waals surface area contributed by atoms with Crippen molar-refractivity contribution in [2.75, 3.05) is 11.5 Å². The van der Waals surface area contributed by atoms with Gasteiger partial charge in [0.05, 0.1) is 18.1 Å². The monoisotopic (exact) mass is 417 g/mol. The van der Waals surface area contributed by atoms with E-state index in [0.717, 1.165) is 10.4 Å². The molecule has 28 heavy (non-hydrogen) atoms. The van der Waals surface area contributed by atoms with Gasteiger partial charge >= 0.3 is 5.63 Å². The smallest absolute Gasteiger partial charge is 0.349 e. The Balaban J connectivity index is 1.75. The van der Waals surface area contributed by atoms with Gasteiger partial charge in [-0.2, -0.15) is 0 Å². The fraction of sp³-hybridized carbons (Fsp3) is 0.300. The van der Waals surface area contributed by atoms with Crippen molar-refractivity contribution in [2.24, 2.45) is 0 Å². The first-order valence-corrected chi connectivity index (χ1v) is 11.6. The fourth-order valence-electron chi connectivity index (χ4n) is 3.47. The fourth-order valence-corrected chi connectivity index (χ4v) is 6.11. The molecule has 4 rings (SSSR count). The van der Waals surface area contributed by atoms with Crippen molar-refractivity contribution in [3.05, 3.63) is 68.2 Å². The van der Waals surface area contributed by atoms with Crippen LogP contribution in [-0.4, -0.2) is 36.8 Å². The lowest BCUT2D eigenvalue weighted by Gasteiger charge is -2.28. The molecule has 1 amide bonds. The van der Waals surface area contributed by atoms with Crippen molar-refractivity contribution in [3.63, 3.8) is 0 Å². The first kappa shape index (κ1) is 18.9. The third-order valence-electron chi connectivity index (χ3n) is 5.06. The van der Waals surface area contributed by atoms with Gasteiger partial charge in [-0.3, -0.25) is 4.79 Å². The molecule has 146 valence electrons. The summed E-state index contributed by atoms with van der Waals surface area (Å²) >= 11 is 1.51. The van der Waals surface area contributed by atoms with Crippen LogP contribution < -0.4 is 5.63 Å². The lowest BCUT2D eigenvalue weighted by molar-refractivity contribution is 0.0678. The zero-order valence-electron chi connectivity index (χ0n) is 15.3. The maximum absolute atomic E-state index is 13.3.